The van der Waals surface area contributed by atoms with Crippen molar-refractivity contribution in [2.45, 2.75) is 57.0 Å². The van der Waals surface area contributed by atoms with Crippen molar-refractivity contribution in [3.8, 4) is 5.75 Å². The fourth-order valence-corrected chi connectivity index (χ4v) is 3.93. The zero-order chi connectivity index (χ0) is 20.9. The molecule has 0 bridgehead atoms. The second kappa shape index (κ2) is 6.99. The summed E-state index contributed by atoms with van der Waals surface area (Å²) in [5, 5.41) is 0. The zero-order valence-corrected chi connectivity index (χ0v) is 16.9. The zero-order valence-electron chi connectivity index (χ0n) is 16.1. The first kappa shape index (κ1) is 20.5. The second-order valence-corrected chi connectivity index (χ2v) is 9.59. The molecule has 0 amide bonds. The Balaban J connectivity index is 2.03. The SMILES string of the molecule is Cc1c(F)c(F)c(S(=O)(=O)Nc2ccc(C(C)(C)C)cc2)c(OC2CC2)c1F. The van der Waals surface area contributed by atoms with Crippen molar-refractivity contribution in [1.82, 2.24) is 0 Å². The van der Waals surface area contributed by atoms with E-state index >= 15 is 0 Å². The smallest absolute Gasteiger partial charge is 0.268 e. The average molecular weight is 413 g/mol. The van der Waals surface area contributed by atoms with Crippen LogP contribution in [0.5, 0.6) is 5.75 Å². The van der Waals surface area contributed by atoms with Gasteiger partial charge in [0.25, 0.3) is 10.0 Å². The molecule has 0 aliphatic heterocycles. The Morgan fingerprint density at radius 3 is 2.07 bits per heavy atom. The summed E-state index contributed by atoms with van der Waals surface area (Å²) in [7, 11) is -4.63. The van der Waals surface area contributed by atoms with Crippen LogP contribution in [0.25, 0.3) is 0 Å². The summed E-state index contributed by atoms with van der Waals surface area (Å²) in [4.78, 5) is -1.15. The molecule has 0 spiro atoms. The summed E-state index contributed by atoms with van der Waals surface area (Å²) in [6.07, 6.45) is 0.788. The fourth-order valence-electron chi connectivity index (χ4n) is 2.67. The first-order valence-electron chi connectivity index (χ1n) is 8.89. The molecular weight excluding hydrogens is 391 g/mol. The molecule has 0 aromatic heterocycles. The molecule has 3 rings (SSSR count). The molecule has 1 N–H and O–H groups in total. The number of ether oxygens (including phenoxy) is 1. The van der Waals surface area contributed by atoms with E-state index in [2.05, 4.69) is 4.72 Å². The molecule has 28 heavy (non-hydrogen) atoms. The van der Waals surface area contributed by atoms with Crippen LogP contribution in [-0.2, 0) is 15.4 Å². The van der Waals surface area contributed by atoms with Gasteiger partial charge < -0.3 is 4.74 Å². The lowest BCUT2D eigenvalue weighted by molar-refractivity contribution is 0.271. The van der Waals surface area contributed by atoms with E-state index in [0.29, 0.717) is 12.8 Å². The lowest BCUT2D eigenvalue weighted by Crippen LogP contribution is -2.19. The van der Waals surface area contributed by atoms with Crippen molar-refractivity contribution >= 4 is 15.7 Å². The van der Waals surface area contributed by atoms with Crippen LogP contribution < -0.4 is 9.46 Å². The fraction of sp³-hybridized carbons (Fsp3) is 0.400. The molecule has 0 saturated heterocycles. The van der Waals surface area contributed by atoms with Crippen LogP contribution in [0.2, 0.25) is 0 Å². The number of halogens is 3. The van der Waals surface area contributed by atoms with E-state index < -0.39 is 49.8 Å². The highest BCUT2D eigenvalue weighted by Gasteiger charge is 2.36. The Hall–Kier alpha value is -2.22. The van der Waals surface area contributed by atoms with Crippen molar-refractivity contribution in [3.05, 3.63) is 52.8 Å². The molecule has 1 aliphatic carbocycles. The van der Waals surface area contributed by atoms with Gasteiger partial charge in [-0.05, 0) is 42.9 Å². The van der Waals surface area contributed by atoms with E-state index in [9.17, 15) is 21.6 Å². The number of benzene rings is 2. The molecule has 0 atom stereocenters. The summed E-state index contributed by atoms with van der Waals surface area (Å²) >= 11 is 0. The van der Waals surface area contributed by atoms with Gasteiger partial charge in [-0.3, -0.25) is 4.72 Å². The second-order valence-electron chi connectivity index (χ2n) is 7.98. The highest BCUT2D eigenvalue weighted by molar-refractivity contribution is 7.92. The third kappa shape index (κ3) is 3.97. The number of rotatable bonds is 5. The first-order chi connectivity index (χ1) is 12.9. The molecule has 1 aliphatic rings. The van der Waals surface area contributed by atoms with Gasteiger partial charge in [0.2, 0.25) is 0 Å². The highest BCUT2D eigenvalue weighted by Crippen LogP contribution is 2.39. The molecular formula is C20H22F3NO3S. The Morgan fingerprint density at radius 2 is 1.57 bits per heavy atom. The van der Waals surface area contributed by atoms with E-state index in [0.717, 1.165) is 12.5 Å². The normalized spacial score (nSPS) is 14.8. The summed E-state index contributed by atoms with van der Waals surface area (Å²) in [6, 6.07) is 6.48. The van der Waals surface area contributed by atoms with Crippen LogP contribution in [0.15, 0.2) is 29.2 Å². The van der Waals surface area contributed by atoms with Crippen LogP contribution >= 0.6 is 0 Å². The monoisotopic (exact) mass is 413 g/mol. The summed E-state index contributed by atoms with van der Waals surface area (Å²) in [5.41, 5.74) is 0.345. The predicted molar refractivity (Wildman–Crippen MR) is 101 cm³/mol. The molecule has 8 heteroatoms. The van der Waals surface area contributed by atoms with Gasteiger partial charge in [-0.25, -0.2) is 21.6 Å². The van der Waals surface area contributed by atoms with Crippen LogP contribution in [0.1, 0.15) is 44.7 Å². The summed E-state index contributed by atoms with van der Waals surface area (Å²) in [5.74, 6) is -5.20. The lowest BCUT2D eigenvalue weighted by atomic mass is 9.87. The summed E-state index contributed by atoms with van der Waals surface area (Å²) in [6.45, 7) is 7.03. The highest BCUT2D eigenvalue weighted by atomic mass is 32.2. The van der Waals surface area contributed by atoms with Gasteiger partial charge in [0.05, 0.1) is 6.10 Å². The third-order valence-electron chi connectivity index (χ3n) is 4.54. The third-order valence-corrected chi connectivity index (χ3v) is 5.94. The minimum Gasteiger partial charge on any atom is -0.486 e. The van der Waals surface area contributed by atoms with Crippen LogP contribution in [0.3, 0.4) is 0 Å². The molecule has 4 nitrogen and oxygen atoms in total. The van der Waals surface area contributed by atoms with Gasteiger partial charge in [0, 0.05) is 11.3 Å². The number of nitrogens with one attached hydrogen (secondary N) is 1. The van der Waals surface area contributed by atoms with E-state index in [1.54, 1.807) is 12.1 Å². The van der Waals surface area contributed by atoms with Gasteiger partial charge in [-0.1, -0.05) is 32.9 Å². The maximum absolute atomic E-state index is 14.6. The molecule has 1 fully saturated rings. The van der Waals surface area contributed by atoms with Gasteiger partial charge in [-0.15, -0.1) is 0 Å². The maximum Gasteiger partial charge on any atom is 0.268 e. The minimum atomic E-state index is -4.63. The molecule has 2 aromatic rings. The van der Waals surface area contributed by atoms with Crippen molar-refractivity contribution in [2.75, 3.05) is 4.72 Å². The van der Waals surface area contributed by atoms with Crippen LogP contribution in [-0.4, -0.2) is 14.5 Å². The lowest BCUT2D eigenvalue weighted by Gasteiger charge is -2.20. The van der Waals surface area contributed by atoms with Gasteiger partial charge in [0.15, 0.2) is 28.1 Å². The molecule has 0 heterocycles. The van der Waals surface area contributed by atoms with Crippen molar-refractivity contribution < 1.29 is 26.3 Å². The van der Waals surface area contributed by atoms with E-state index in [4.69, 9.17) is 4.74 Å². The van der Waals surface area contributed by atoms with Gasteiger partial charge in [0.1, 0.15) is 0 Å². The molecule has 152 valence electrons. The Bertz CT molecular complexity index is 1010. The number of hydrogen-bond donors (Lipinski definition) is 1. The Kier molecular flexibility index (Phi) is 5.12. The maximum atomic E-state index is 14.6. The number of anilines is 1. The van der Waals surface area contributed by atoms with Crippen molar-refractivity contribution in [2.24, 2.45) is 0 Å². The summed E-state index contributed by atoms with van der Waals surface area (Å²) < 4.78 is 76.2. The molecule has 0 unspecified atom stereocenters. The van der Waals surface area contributed by atoms with Gasteiger partial charge in [-0.2, -0.15) is 0 Å². The molecule has 0 radical (unpaired) electrons. The first-order valence-corrected chi connectivity index (χ1v) is 10.4. The standard InChI is InChI=1S/C20H22F3NO3S/c1-11-15(21)17(23)19(18(16(11)22)27-14-9-10-14)28(25,26)24-13-7-5-12(6-8-13)20(2,3)4/h5-8,14,24H,9-10H2,1-4H3. The van der Waals surface area contributed by atoms with Crippen molar-refractivity contribution in [1.29, 1.82) is 0 Å². The molecule has 1 saturated carbocycles. The van der Waals surface area contributed by atoms with E-state index in [-0.39, 0.29) is 11.1 Å². The Labute approximate surface area is 162 Å². The van der Waals surface area contributed by atoms with Crippen LogP contribution in [0.4, 0.5) is 18.9 Å². The van der Waals surface area contributed by atoms with Crippen molar-refractivity contribution in [3.63, 3.8) is 0 Å². The Morgan fingerprint density at radius 1 is 1.00 bits per heavy atom. The average Bonchev–Trinajstić information content (AvgIpc) is 3.41. The number of hydrogen-bond acceptors (Lipinski definition) is 3. The quantitative estimate of drug-likeness (QED) is 0.698. The minimum absolute atomic E-state index is 0.141. The largest absolute Gasteiger partial charge is 0.486 e. The topological polar surface area (TPSA) is 55.4 Å². The van der Waals surface area contributed by atoms with Gasteiger partial charge >= 0.3 is 0 Å². The molecule has 2 aromatic carbocycles. The number of sulfonamides is 1. The van der Waals surface area contributed by atoms with E-state index in [1.165, 1.54) is 12.1 Å². The van der Waals surface area contributed by atoms with E-state index in [1.807, 2.05) is 20.8 Å². The predicted octanol–water partition coefficient (Wildman–Crippen LogP) is 5.05. The van der Waals surface area contributed by atoms with Crippen LogP contribution in [0, 0.1) is 24.4 Å².